The minimum Gasteiger partial charge on any atom is -0.507 e. The van der Waals surface area contributed by atoms with E-state index in [1.54, 1.807) is 12.3 Å². The summed E-state index contributed by atoms with van der Waals surface area (Å²) in [5.41, 5.74) is 7.28. The Morgan fingerprint density at radius 2 is 1.38 bits per heavy atom. The molecule has 0 bridgehead atoms. The highest BCUT2D eigenvalue weighted by Gasteiger charge is 2.36. The maximum atomic E-state index is 10.5. The van der Waals surface area contributed by atoms with Gasteiger partial charge < -0.3 is 10.0 Å². The van der Waals surface area contributed by atoms with E-state index in [0.29, 0.717) is 0 Å². The third-order valence-corrected chi connectivity index (χ3v) is 5.82. The Morgan fingerprint density at radius 1 is 0.759 bits per heavy atom. The first kappa shape index (κ1) is 17.5. The van der Waals surface area contributed by atoms with Crippen molar-refractivity contribution in [3.05, 3.63) is 102 Å². The van der Waals surface area contributed by atoms with Crippen LogP contribution >= 0.6 is 0 Å². The van der Waals surface area contributed by atoms with E-state index in [4.69, 9.17) is 0 Å². The number of phenols is 1. The number of hydrogen-bond acceptors (Lipinski definition) is 3. The maximum absolute atomic E-state index is 10.5. The van der Waals surface area contributed by atoms with E-state index < -0.39 is 0 Å². The van der Waals surface area contributed by atoms with Crippen LogP contribution in [0, 0.1) is 0 Å². The molecule has 142 valence electrons. The smallest absolute Gasteiger partial charge is 0.125 e. The molecular weight excluding hydrogens is 356 g/mol. The summed E-state index contributed by atoms with van der Waals surface area (Å²) in [4.78, 5) is 6.71. The van der Waals surface area contributed by atoms with Gasteiger partial charge in [0.25, 0.3) is 0 Å². The lowest BCUT2D eigenvalue weighted by molar-refractivity contribution is 0.477. The maximum Gasteiger partial charge on any atom is 0.125 e. The van der Waals surface area contributed by atoms with Gasteiger partial charge in [-0.1, -0.05) is 56.3 Å². The second-order valence-electron chi connectivity index (χ2n) is 7.91. The number of hydrogen-bond donors (Lipinski definition) is 1. The number of rotatable bonds is 2. The lowest BCUT2D eigenvalue weighted by Gasteiger charge is -2.42. The zero-order valence-electron chi connectivity index (χ0n) is 16.5. The molecule has 0 saturated heterocycles. The Labute approximate surface area is 170 Å². The summed E-state index contributed by atoms with van der Waals surface area (Å²) in [5, 5.41) is 10.5. The van der Waals surface area contributed by atoms with Crippen molar-refractivity contribution in [2.24, 2.45) is 0 Å². The van der Waals surface area contributed by atoms with Crippen LogP contribution in [0.25, 0.3) is 11.3 Å². The van der Waals surface area contributed by atoms with Gasteiger partial charge in [-0.3, -0.25) is 4.98 Å². The fourth-order valence-electron chi connectivity index (χ4n) is 4.34. The molecule has 0 radical (unpaired) electrons. The first-order valence-corrected chi connectivity index (χ1v) is 9.81. The highest BCUT2D eigenvalue weighted by atomic mass is 16.3. The molecule has 3 aromatic carbocycles. The standard InChI is InChI=1S/C26H22N2O/c1-26(2)20-9-3-5-12-23(20)28(24-13-6-4-10-21(24)26)18-14-15-25(29)19(17-18)22-11-7-8-16-27-22/h3-17,29H,1-2H3. The Hall–Kier alpha value is -3.59. The molecule has 0 fully saturated rings. The van der Waals surface area contributed by atoms with Crippen molar-refractivity contribution in [3.63, 3.8) is 0 Å². The molecule has 3 heteroatoms. The number of aromatic hydroxyl groups is 1. The van der Waals surface area contributed by atoms with Gasteiger partial charge in [0.15, 0.2) is 0 Å². The molecule has 0 amide bonds. The molecule has 1 aliphatic heterocycles. The number of pyridine rings is 1. The quantitative estimate of drug-likeness (QED) is 0.429. The van der Waals surface area contributed by atoms with Crippen LogP contribution in [0.15, 0.2) is 91.1 Å². The number of benzene rings is 3. The Morgan fingerprint density at radius 3 is 2.00 bits per heavy atom. The van der Waals surface area contributed by atoms with E-state index in [1.807, 2.05) is 30.3 Å². The molecule has 1 N–H and O–H groups in total. The molecule has 0 atom stereocenters. The fraction of sp³-hybridized carbons (Fsp3) is 0.115. The second kappa shape index (κ2) is 6.49. The van der Waals surface area contributed by atoms with Crippen molar-refractivity contribution in [2.45, 2.75) is 19.3 Å². The lowest BCUT2D eigenvalue weighted by Crippen LogP contribution is -2.30. The summed E-state index contributed by atoms with van der Waals surface area (Å²) in [6.07, 6.45) is 1.75. The van der Waals surface area contributed by atoms with Crippen LogP contribution in [0.2, 0.25) is 0 Å². The number of nitrogens with zero attached hydrogens (tertiary/aromatic N) is 2. The lowest BCUT2D eigenvalue weighted by atomic mass is 9.73. The zero-order valence-corrected chi connectivity index (χ0v) is 16.5. The summed E-state index contributed by atoms with van der Waals surface area (Å²) in [6, 6.07) is 28.6. The van der Waals surface area contributed by atoms with Gasteiger partial charge in [0.1, 0.15) is 5.75 Å². The highest BCUT2D eigenvalue weighted by molar-refractivity contribution is 5.87. The van der Waals surface area contributed by atoms with Crippen LogP contribution < -0.4 is 4.90 Å². The van der Waals surface area contributed by atoms with Gasteiger partial charge in [-0.15, -0.1) is 0 Å². The van der Waals surface area contributed by atoms with Gasteiger partial charge in [0, 0.05) is 22.9 Å². The van der Waals surface area contributed by atoms with Crippen LogP contribution in [0.3, 0.4) is 0 Å². The number of anilines is 3. The summed E-state index contributed by atoms with van der Waals surface area (Å²) in [7, 11) is 0. The summed E-state index contributed by atoms with van der Waals surface area (Å²) in [5.74, 6) is 0.228. The average molecular weight is 378 g/mol. The molecule has 0 saturated carbocycles. The Balaban J connectivity index is 1.76. The van der Waals surface area contributed by atoms with E-state index in [1.165, 1.54) is 11.1 Å². The fourth-order valence-corrected chi connectivity index (χ4v) is 4.34. The van der Waals surface area contributed by atoms with Gasteiger partial charge in [-0.2, -0.15) is 0 Å². The molecule has 29 heavy (non-hydrogen) atoms. The normalized spacial score (nSPS) is 14.2. The first-order valence-electron chi connectivity index (χ1n) is 9.81. The third kappa shape index (κ3) is 2.70. The molecule has 3 nitrogen and oxygen atoms in total. The van der Waals surface area contributed by atoms with Crippen molar-refractivity contribution >= 4 is 17.1 Å². The predicted molar refractivity (Wildman–Crippen MR) is 118 cm³/mol. The summed E-state index contributed by atoms with van der Waals surface area (Å²) >= 11 is 0. The van der Waals surface area contributed by atoms with E-state index in [2.05, 4.69) is 72.3 Å². The van der Waals surface area contributed by atoms with Crippen LogP contribution in [0.4, 0.5) is 17.1 Å². The molecule has 0 aliphatic carbocycles. The van der Waals surface area contributed by atoms with E-state index >= 15 is 0 Å². The van der Waals surface area contributed by atoms with Crippen LogP contribution in [0.5, 0.6) is 5.75 Å². The predicted octanol–water partition coefficient (Wildman–Crippen LogP) is 6.56. The van der Waals surface area contributed by atoms with Crippen LogP contribution in [0.1, 0.15) is 25.0 Å². The third-order valence-electron chi connectivity index (χ3n) is 5.82. The monoisotopic (exact) mass is 378 g/mol. The Bertz CT molecular complexity index is 1150. The SMILES string of the molecule is CC1(C)c2ccccc2N(c2ccc(O)c(-c3ccccn3)c2)c2ccccc21. The molecular formula is C26H22N2O. The van der Waals surface area contributed by atoms with Gasteiger partial charge in [-0.25, -0.2) is 0 Å². The van der Waals surface area contributed by atoms with Crippen molar-refractivity contribution in [2.75, 3.05) is 4.90 Å². The van der Waals surface area contributed by atoms with Crippen LogP contribution in [-0.2, 0) is 5.41 Å². The van der Waals surface area contributed by atoms with Crippen molar-refractivity contribution in [1.29, 1.82) is 0 Å². The van der Waals surface area contributed by atoms with Gasteiger partial charge in [0.05, 0.1) is 17.1 Å². The molecule has 5 rings (SSSR count). The van der Waals surface area contributed by atoms with E-state index in [9.17, 15) is 5.11 Å². The van der Waals surface area contributed by atoms with Gasteiger partial charge in [-0.05, 0) is 53.6 Å². The molecule has 0 unspecified atom stereocenters. The minimum atomic E-state index is -0.0928. The first-order chi connectivity index (χ1) is 14.1. The van der Waals surface area contributed by atoms with E-state index in [-0.39, 0.29) is 11.2 Å². The van der Waals surface area contributed by atoms with Crippen LogP contribution in [-0.4, -0.2) is 10.1 Å². The number of phenolic OH excluding ortho intramolecular Hbond substituents is 1. The number of para-hydroxylation sites is 2. The molecule has 1 aliphatic rings. The summed E-state index contributed by atoms with van der Waals surface area (Å²) < 4.78 is 0. The summed E-state index contributed by atoms with van der Waals surface area (Å²) in [6.45, 7) is 4.55. The highest BCUT2D eigenvalue weighted by Crippen LogP contribution is 2.52. The van der Waals surface area contributed by atoms with Crippen molar-refractivity contribution in [1.82, 2.24) is 4.98 Å². The van der Waals surface area contributed by atoms with Crippen molar-refractivity contribution in [3.8, 4) is 17.0 Å². The van der Waals surface area contributed by atoms with Gasteiger partial charge in [0.2, 0.25) is 0 Å². The molecule has 1 aromatic heterocycles. The zero-order chi connectivity index (χ0) is 20.0. The Kier molecular flexibility index (Phi) is 3.92. The largest absolute Gasteiger partial charge is 0.507 e. The van der Waals surface area contributed by atoms with Crippen molar-refractivity contribution < 1.29 is 5.11 Å². The van der Waals surface area contributed by atoms with E-state index in [0.717, 1.165) is 28.3 Å². The van der Waals surface area contributed by atoms with Gasteiger partial charge >= 0.3 is 0 Å². The molecule has 0 spiro atoms. The minimum absolute atomic E-state index is 0.0928. The molecule has 4 aromatic rings. The average Bonchev–Trinajstić information content (AvgIpc) is 2.76. The number of aromatic nitrogens is 1. The number of fused-ring (bicyclic) bond motifs is 2. The topological polar surface area (TPSA) is 36.4 Å². The molecule has 2 heterocycles. The second-order valence-corrected chi connectivity index (χ2v) is 7.91.